The van der Waals surface area contributed by atoms with Gasteiger partial charge in [-0.05, 0) is 42.6 Å². The monoisotopic (exact) mass is 391 g/mol. The maximum Gasteiger partial charge on any atom is 0.119 e. The SMILES string of the molecule is CC(NCC(O)COc1ccc(Br)cc1)c1cccs1.Cl. The fraction of sp³-hybridized carbons (Fsp3) is 0.333. The number of rotatable bonds is 7. The third-order valence-corrected chi connectivity index (χ3v) is 4.47. The van der Waals surface area contributed by atoms with E-state index in [1.54, 1.807) is 11.3 Å². The molecule has 3 nitrogen and oxygen atoms in total. The lowest BCUT2D eigenvalue weighted by Crippen LogP contribution is -2.32. The van der Waals surface area contributed by atoms with Crippen LogP contribution in [-0.4, -0.2) is 24.4 Å². The first kappa shape index (κ1) is 18.5. The van der Waals surface area contributed by atoms with Gasteiger partial charge < -0.3 is 15.2 Å². The van der Waals surface area contributed by atoms with Crippen molar-refractivity contribution in [3.05, 3.63) is 51.1 Å². The molecule has 2 unspecified atom stereocenters. The van der Waals surface area contributed by atoms with Gasteiger partial charge in [-0.25, -0.2) is 0 Å². The summed E-state index contributed by atoms with van der Waals surface area (Å²) in [6.45, 7) is 2.88. The zero-order valence-corrected chi connectivity index (χ0v) is 14.9. The Morgan fingerprint density at radius 3 is 2.62 bits per heavy atom. The molecule has 0 aliphatic heterocycles. The van der Waals surface area contributed by atoms with Gasteiger partial charge in [-0.3, -0.25) is 0 Å². The average Bonchev–Trinajstić information content (AvgIpc) is 2.98. The number of benzene rings is 1. The Bertz CT molecular complexity index is 507. The maximum atomic E-state index is 9.92. The Labute approximate surface area is 143 Å². The highest BCUT2D eigenvalue weighted by molar-refractivity contribution is 9.10. The van der Waals surface area contributed by atoms with Gasteiger partial charge in [0.1, 0.15) is 18.5 Å². The van der Waals surface area contributed by atoms with Crippen LogP contribution in [0.2, 0.25) is 0 Å². The molecule has 2 N–H and O–H groups in total. The summed E-state index contributed by atoms with van der Waals surface area (Å²) in [6.07, 6.45) is -0.527. The molecule has 0 amide bonds. The van der Waals surface area contributed by atoms with Crippen LogP contribution < -0.4 is 10.1 Å². The summed E-state index contributed by atoms with van der Waals surface area (Å²) in [6, 6.07) is 11.9. The van der Waals surface area contributed by atoms with E-state index in [1.165, 1.54) is 4.88 Å². The van der Waals surface area contributed by atoms with Crippen molar-refractivity contribution in [2.24, 2.45) is 0 Å². The zero-order chi connectivity index (χ0) is 14.4. The fourth-order valence-corrected chi connectivity index (χ4v) is 2.76. The molecule has 0 spiro atoms. The molecule has 0 radical (unpaired) electrons. The number of aliphatic hydroxyl groups excluding tert-OH is 1. The van der Waals surface area contributed by atoms with E-state index in [2.05, 4.69) is 39.6 Å². The Hall–Kier alpha value is -0.590. The van der Waals surface area contributed by atoms with Crippen molar-refractivity contribution < 1.29 is 9.84 Å². The fourth-order valence-electron chi connectivity index (χ4n) is 1.73. The lowest BCUT2D eigenvalue weighted by molar-refractivity contribution is 0.104. The van der Waals surface area contributed by atoms with E-state index < -0.39 is 6.10 Å². The van der Waals surface area contributed by atoms with Crippen molar-refractivity contribution >= 4 is 39.7 Å². The molecule has 116 valence electrons. The molecule has 2 atom stereocenters. The van der Waals surface area contributed by atoms with Crippen LogP contribution in [-0.2, 0) is 0 Å². The lowest BCUT2D eigenvalue weighted by atomic mass is 10.2. The molecule has 1 aromatic carbocycles. The van der Waals surface area contributed by atoms with Crippen molar-refractivity contribution in [1.29, 1.82) is 0 Å². The van der Waals surface area contributed by atoms with Gasteiger partial charge >= 0.3 is 0 Å². The van der Waals surface area contributed by atoms with Gasteiger partial charge in [0.25, 0.3) is 0 Å². The molecule has 0 fully saturated rings. The van der Waals surface area contributed by atoms with Crippen LogP contribution in [0.25, 0.3) is 0 Å². The number of hydrogen-bond acceptors (Lipinski definition) is 4. The third kappa shape index (κ3) is 6.36. The molecule has 0 saturated heterocycles. The highest BCUT2D eigenvalue weighted by atomic mass is 79.9. The molecule has 1 aromatic heterocycles. The number of hydrogen-bond donors (Lipinski definition) is 2. The van der Waals surface area contributed by atoms with Gasteiger partial charge in [0, 0.05) is 21.9 Å². The van der Waals surface area contributed by atoms with Crippen molar-refractivity contribution in [1.82, 2.24) is 5.32 Å². The van der Waals surface area contributed by atoms with Crippen LogP contribution in [0.4, 0.5) is 0 Å². The molecule has 0 bridgehead atoms. The van der Waals surface area contributed by atoms with Gasteiger partial charge in [-0.2, -0.15) is 0 Å². The number of ether oxygens (including phenoxy) is 1. The van der Waals surface area contributed by atoms with Crippen LogP contribution in [0.5, 0.6) is 5.75 Å². The van der Waals surface area contributed by atoms with E-state index in [4.69, 9.17) is 4.74 Å². The number of thiophene rings is 1. The number of aliphatic hydroxyl groups is 1. The van der Waals surface area contributed by atoms with Crippen LogP contribution in [0.1, 0.15) is 17.8 Å². The molecule has 0 saturated carbocycles. The molecule has 6 heteroatoms. The normalized spacial score (nSPS) is 13.3. The second-order valence-corrected chi connectivity index (χ2v) is 6.46. The van der Waals surface area contributed by atoms with Crippen LogP contribution in [0, 0.1) is 0 Å². The summed E-state index contributed by atoms with van der Waals surface area (Å²) < 4.78 is 6.55. The van der Waals surface area contributed by atoms with Gasteiger partial charge in [-0.15, -0.1) is 23.7 Å². The average molecular weight is 393 g/mol. The van der Waals surface area contributed by atoms with Gasteiger partial charge in [0.15, 0.2) is 0 Å². The summed E-state index contributed by atoms with van der Waals surface area (Å²) in [5.41, 5.74) is 0. The molecule has 0 aliphatic rings. The summed E-state index contributed by atoms with van der Waals surface area (Å²) in [5, 5.41) is 15.3. The number of nitrogens with one attached hydrogen (secondary N) is 1. The van der Waals surface area contributed by atoms with Crippen molar-refractivity contribution in [2.45, 2.75) is 19.1 Å². The smallest absolute Gasteiger partial charge is 0.119 e. The molecular weight excluding hydrogens is 374 g/mol. The summed E-state index contributed by atoms with van der Waals surface area (Å²) in [5.74, 6) is 0.763. The molecule has 21 heavy (non-hydrogen) atoms. The number of halogens is 2. The first-order valence-corrected chi connectivity index (χ1v) is 8.15. The van der Waals surface area contributed by atoms with Crippen molar-refractivity contribution in [3.8, 4) is 5.75 Å². The Kier molecular flexibility index (Phi) is 8.29. The molecule has 2 rings (SSSR count). The Morgan fingerprint density at radius 1 is 1.29 bits per heavy atom. The second-order valence-electron chi connectivity index (χ2n) is 4.56. The Morgan fingerprint density at radius 2 is 2.00 bits per heavy atom. The minimum absolute atomic E-state index is 0. The minimum Gasteiger partial charge on any atom is -0.491 e. The van der Waals surface area contributed by atoms with E-state index in [0.717, 1.165) is 10.2 Å². The Balaban J connectivity index is 0.00000220. The van der Waals surface area contributed by atoms with E-state index in [0.29, 0.717) is 6.54 Å². The first-order valence-electron chi connectivity index (χ1n) is 6.48. The topological polar surface area (TPSA) is 41.5 Å². The second kappa shape index (κ2) is 9.43. The largest absolute Gasteiger partial charge is 0.491 e. The van der Waals surface area contributed by atoms with Gasteiger partial charge in [-0.1, -0.05) is 22.0 Å². The predicted molar refractivity (Wildman–Crippen MR) is 93.6 cm³/mol. The molecule has 2 aromatic rings. The van der Waals surface area contributed by atoms with E-state index in [9.17, 15) is 5.11 Å². The zero-order valence-electron chi connectivity index (χ0n) is 11.7. The molecular formula is C15H19BrClNO2S. The highest BCUT2D eigenvalue weighted by Gasteiger charge is 2.10. The predicted octanol–water partition coefficient (Wildman–Crippen LogP) is 4.02. The lowest BCUT2D eigenvalue weighted by Gasteiger charge is -2.16. The summed E-state index contributed by atoms with van der Waals surface area (Å²) in [4.78, 5) is 1.27. The van der Waals surface area contributed by atoms with E-state index in [1.807, 2.05) is 30.3 Å². The minimum atomic E-state index is -0.527. The van der Waals surface area contributed by atoms with Crippen LogP contribution in [0.15, 0.2) is 46.3 Å². The standard InChI is InChI=1S/C15H18BrNO2S.ClH/c1-11(15-3-2-8-20-15)17-9-13(18)10-19-14-6-4-12(16)5-7-14;/h2-8,11,13,17-18H,9-10H2,1H3;1H. The van der Waals surface area contributed by atoms with Gasteiger partial charge in [0.05, 0.1) is 0 Å². The molecule has 0 aliphatic carbocycles. The summed E-state index contributed by atoms with van der Waals surface area (Å²) >= 11 is 5.09. The van der Waals surface area contributed by atoms with Crippen LogP contribution >= 0.6 is 39.7 Å². The first-order chi connectivity index (χ1) is 9.65. The molecule has 1 heterocycles. The third-order valence-electron chi connectivity index (χ3n) is 2.89. The van der Waals surface area contributed by atoms with Crippen LogP contribution in [0.3, 0.4) is 0 Å². The van der Waals surface area contributed by atoms with Gasteiger partial charge in [0.2, 0.25) is 0 Å². The maximum absolute atomic E-state index is 9.92. The van der Waals surface area contributed by atoms with Crippen molar-refractivity contribution in [2.75, 3.05) is 13.2 Å². The summed E-state index contributed by atoms with van der Waals surface area (Å²) in [7, 11) is 0. The quantitative estimate of drug-likeness (QED) is 0.747. The van der Waals surface area contributed by atoms with E-state index in [-0.39, 0.29) is 25.1 Å². The van der Waals surface area contributed by atoms with E-state index >= 15 is 0 Å². The van der Waals surface area contributed by atoms with Crippen molar-refractivity contribution in [3.63, 3.8) is 0 Å². The highest BCUT2D eigenvalue weighted by Crippen LogP contribution is 2.18.